The Morgan fingerprint density at radius 3 is 2.53 bits per heavy atom. The molecule has 1 N–H and O–H groups in total. The summed E-state index contributed by atoms with van der Waals surface area (Å²) in [5, 5.41) is 2.43. The summed E-state index contributed by atoms with van der Waals surface area (Å²) in [6.07, 6.45) is 0.0977. The van der Waals surface area contributed by atoms with E-state index in [0.29, 0.717) is 0 Å². The van der Waals surface area contributed by atoms with Crippen molar-refractivity contribution in [1.29, 1.82) is 0 Å². The first kappa shape index (κ1) is 13.7. The highest BCUT2D eigenvalue weighted by molar-refractivity contribution is 6.02. The van der Waals surface area contributed by atoms with Crippen LogP contribution in [0.4, 0.5) is 0 Å². The van der Waals surface area contributed by atoms with Crippen molar-refractivity contribution in [3.05, 3.63) is 35.9 Å². The minimum Gasteiger partial charge on any atom is -0.381 e. The van der Waals surface area contributed by atoms with E-state index in [-0.39, 0.29) is 30.3 Å². The summed E-state index contributed by atoms with van der Waals surface area (Å²) >= 11 is 0. The average molecular weight is 261 g/mol. The van der Waals surface area contributed by atoms with Crippen molar-refractivity contribution in [2.75, 3.05) is 7.11 Å². The maximum atomic E-state index is 12.3. The number of carbonyl (C=O) groups excluding carboxylic acids is 2. The van der Waals surface area contributed by atoms with Crippen molar-refractivity contribution in [1.82, 2.24) is 5.32 Å². The molecule has 0 bridgehead atoms. The lowest BCUT2D eigenvalue weighted by molar-refractivity contribution is -0.144. The zero-order chi connectivity index (χ0) is 14.0. The van der Waals surface area contributed by atoms with Crippen molar-refractivity contribution < 1.29 is 14.3 Å². The van der Waals surface area contributed by atoms with E-state index in [4.69, 9.17) is 4.74 Å². The monoisotopic (exact) mass is 261 g/mol. The largest absolute Gasteiger partial charge is 0.381 e. The van der Waals surface area contributed by atoms with Crippen molar-refractivity contribution in [2.24, 2.45) is 5.41 Å². The quantitative estimate of drug-likeness (QED) is 0.845. The minimum atomic E-state index is -0.532. The van der Waals surface area contributed by atoms with Crippen LogP contribution in [0.1, 0.15) is 31.7 Å². The number of carbonyl (C=O) groups is 2. The SMILES string of the molecule is COC(C)C1(C)CC(=O)NC(=O)C1c1ccccc1. The topological polar surface area (TPSA) is 55.4 Å². The fourth-order valence-electron chi connectivity index (χ4n) is 2.83. The fourth-order valence-corrected chi connectivity index (χ4v) is 2.83. The third-order valence-electron chi connectivity index (χ3n) is 4.14. The summed E-state index contributed by atoms with van der Waals surface area (Å²) in [6, 6.07) is 9.54. The zero-order valence-electron chi connectivity index (χ0n) is 11.5. The van der Waals surface area contributed by atoms with E-state index in [1.54, 1.807) is 7.11 Å². The number of imide groups is 1. The number of methoxy groups -OCH3 is 1. The first-order valence-corrected chi connectivity index (χ1v) is 6.40. The molecule has 4 nitrogen and oxygen atoms in total. The van der Waals surface area contributed by atoms with E-state index in [9.17, 15) is 9.59 Å². The molecule has 1 fully saturated rings. The van der Waals surface area contributed by atoms with Crippen LogP contribution in [0.15, 0.2) is 30.3 Å². The Morgan fingerprint density at radius 1 is 1.32 bits per heavy atom. The Bertz CT molecular complexity index is 485. The fraction of sp³-hybridized carbons (Fsp3) is 0.467. The Labute approximate surface area is 113 Å². The number of hydrogen-bond donors (Lipinski definition) is 1. The summed E-state index contributed by atoms with van der Waals surface area (Å²) in [7, 11) is 1.61. The molecule has 0 aromatic heterocycles. The predicted octanol–water partition coefficient (Wildman–Crippen LogP) is 1.86. The van der Waals surface area contributed by atoms with Gasteiger partial charge >= 0.3 is 0 Å². The van der Waals surface area contributed by atoms with Crippen molar-refractivity contribution in [3.63, 3.8) is 0 Å². The third kappa shape index (κ3) is 2.40. The van der Waals surface area contributed by atoms with E-state index in [0.717, 1.165) is 5.56 Å². The summed E-state index contributed by atoms with van der Waals surface area (Å²) in [6.45, 7) is 3.84. The first-order chi connectivity index (χ1) is 8.99. The van der Waals surface area contributed by atoms with E-state index in [1.807, 2.05) is 44.2 Å². The van der Waals surface area contributed by atoms with E-state index in [1.165, 1.54) is 0 Å². The van der Waals surface area contributed by atoms with Gasteiger partial charge in [0.25, 0.3) is 0 Å². The van der Waals surface area contributed by atoms with Gasteiger partial charge in [0.2, 0.25) is 11.8 Å². The molecule has 1 aromatic rings. The second kappa shape index (κ2) is 5.13. The number of ether oxygens (including phenoxy) is 1. The lowest BCUT2D eigenvalue weighted by Gasteiger charge is -2.43. The molecule has 1 aliphatic rings. The molecule has 3 atom stereocenters. The molecule has 1 saturated heterocycles. The second-order valence-corrected chi connectivity index (χ2v) is 5.32. The van der Waals surface area contributed by atoms with Crippen LogP contribution >= 0.6 is 0 Å². The van der Waals surface area contributed by atoms with Crippen molar-refractivity contribution in [3.8, 4) is 0 Å². The molecule has 0 aliphatic carbocycles. The zero-order valence-corrected chi connectivity index (χ0v) is 11.5. The van der Waals surface area contributed by atoms with E-state index < -0.39 is 5.41 Å². The molecule has 102 valence electrons. The van der Waals surface area contributed by atoms with Gasteiger partial charge in [0.05, 0.1) is 12.0 Å². The van der Waals surface area contributed by atoms with Gasteiger partial charge in [-0.3, -0.25) is 14.9 Å². The van der Waals surface area contributed by atoms with Crippen LogP contribution in [0.2, 0.25) is 0 Å². The number of hydrogen-bond acceptors (Lipinski definition) is 3. The predicted molar refractivity (Wildman–Crippen MR) is 71.5 cm³/mol. The molecular weight excluding hydrogens is 242 g/mol. The average Bonchev–Trinajstić information content (AvgIpc) is 2.37. The highest BCUT2D eigenvalue weighted by atomic mass is 16.5. The van der Waals surface area contributed by atoms with Gasteiger partial charge in [0, 0.05) is 18.9 Å². The summed E-state index contributed by atoms with van der Waals surface area (Å²) in [5.41, 5.74) is 0.383. The van der Waals surface area contributed by atoms with Gasteiger partial charge in [0.1, 0.15) is 0 Å². The minimum absolute atomic E-state index is 0.187. The van der Waals surface area contributed by atoms with Gasteiger partial charge in [-0.25, -0.2) is 0 Å². The molecule has 1 aliphatic heterocycles. The third-order valence-corrected chi connectivity index (χ3v) is 4.14. The van der Waals surface area contributed by atoms with Gasteiger partial charge < -0.3 is 4.74 Å². The number of piperidine rings is 1. The Morgan fingerprint density at radius 2 is 1.95 bits per heavy atom. The molecule has 3 unspecified atom stereocenters. The van der Waals surface area contributed by atoms with Crippen molar-refractivity contribution in [2.45, 2.75) is 32.3 Å². The summed E-state index contributed by atoms with van der Waals surface area (Å²) in [5.74, 6) is -0.848. The summed E-state index contributed by atoms with van der Waals surface area (Å²) in [4.78, 5) is 24.0. The molecule has 1 aromatic carbocycles. The lowest BCUT2D eigenvalue weighted by Crippen LogP contribution is -2.53. The number of nitrogens with one attached hydrogen (secondary N) is 1. The molecule has 1 heterocycles. The summed E-state index contributed by atoms with van der Waals surface area (Å²) < 4.78 is 5.41. The standard InChI is InChI=1S/C15H19NO3/c1-10(19-3)15(2)9-12(17)16-14(18)13(15)11-7-5-4-6-8-11/h4-8,10,13H,9H2,1-3H3,(H,16,17,18). The highest BCUT2D eigenvalue weighted by Gasteiger charge is 2.49. The number of amides is 2. The normalized spacial score (nSPS) is 28.9. The maximum absolute atomic E-state index is 12.3. The van der Waals surface area contributed by atoms with E-state index in [2.05, 4.69) is 5.32 Å². The van der Waals surface area contributed by atoms with Crippen LogP contribution in [0.5, 0.6) is 0 Å². The number of rotatable bonds is 3. The van der Waals surface area contributed by atoms with Gasteiger partial charge in [-0.1, -0.05) is 37.3 Å². The van der Waals surface area contributed by atoms with Gasteiger partial charge in [0.15, 0.2) is 0 Å². The molecule has 4 heteroatoms. The molecular formula is C15H19NO3. The molecule has 2 amide bonds. The molecule has 2 rings (SSSR count). The van der Waals surface area contributed by atoms with Crippen LogP contribution < -0.4 is 5.32 Å². The van der Waals surface area contributed by atoms with Gasteiger partial charge in [-0.2, -0.15) is 0 Å². The Hall–Kier alpha value is -1.68. The van der Waals surface area contributed by atoms with Gasteiger partial charge in [-0.15, -0.1) is 0 Å². The van der Waals surface area contributed by atoms with Crippen LogP contribution in [-0.4, -0.2) is 25.0 Å². The maximum Gasteiger partial charge on any atom is 0.234 e. The molecule has 0 radical (unpaired) electrons. The molecule has 0 spiro atoms. The van der Waals surface area contributed by atoms with Crippen molar-refractivity contribution >= 4 is 11.8 Å². The second-order valence-electron chi connectivity index (χ2n) is 5.32. The van der Waals surface area contributed by atoms with E-state index >= 15 is 0 Å². The van der Waals surface area contributed by atoms with Crippen LogP contribution in [-0.2, 0) is 14.3 Å². The highest BCUT2D eigenvalue weighted by Crippen LogP contribution is 2.45. The van der Waals surface area contributed by atoms with Crippen LogP contribution in [0.25, 0.3) is 0 Å². The lowest BCUT2D eigenvalue weighted by atomic mass is 9.65. The Kier molecular flexibility index (Phi) is 3.71. The Balaban J connectivity index is 2.47. The van der Waals surface area contributed by atoms with Crippen LogP contribution in [0, 0.1) is 5.41 Å². The van der Waals surface area contributed by atoms with Gasteiger partial charge in [-0.05, 0) is 12.5 Å². The first-order valence-electron chi connectivity index (χ1n) is 6.40. The smallest absolute Gasteiger partial charge is 0.234 e. The number of benzene rings is 1. The molecule has 19 heavy (non-hydrogen) atoms. The van der Waals surface area contributed by atoms with Crippen LogP contribution in [0.3, 0.4) is 0 Å². The molecule has 0 saturated carbocycles.